The Labute approximate surface area is 95.7 Å². The van der Waals surface area contributed by atoms with Crippen LogP contribution in [0.15, 0.2) is 12.4 Å². The van der Waals surface area contributed by atoms with Crippen LogP contribution in [-0.4, -0.2) is 42.1 Å². The van der Waals surface area contributed by atoms with Gasteiger partial charge in [0.25, 0.3) is 0 Å². The van der Waals surface area contributed by atoms with Gasteiger partial charge in [-0.3, -0.25) is 4.98 Å². The molecule has 15 heavy (non-hydrogen) atoms. The van der Waals surface area contributed by atoms with E-state index in [9.17, 15) is 0 Å². The molecule has 5 heteroatoms. The fraction of sp³-hybridized carbons (Fsp3) is 0.600. The Balaban J connectivity index is 2.31. The first-order valence-electron chi connectivity index (χ1n) is 5.02. The van der Waals surface area contributed by atoms with E-state index >= 15 is 0 Å². The first kappa shape index (κ1) is 12.4. The highest BCUT2D eigenvalue weighted by Crippen LogP contribution is 2.03. The molecular weight excluding hydrogens is 212 g/mol. The number of rotatable bonds is 6. The fourth-order valence-corrected chi connectivity index (χ4v) is 1.40. The fourth-order valence-electron chi connectivity index (χ4n) is 1.30. The summed E-state index contributed by atoms with van der Waals surface area (Å²) in [5.74, 6) is 0. The standard InChI is InChI=1S/C10H17ClN4/c1-12-4-3-5-15(2)8-9-6-14-10(11)7-13-9/h6-7,12H,3-5,8H2,1-2H3. The minimum atomic E-state index is 0.441. The van der Waals surface area contributed by atoms with E-state index in [4.69, 9.17) is 11.6 Å². The minimum Gasteiger partial charge on any atom is -0.320 e. The lowest BCUT2D eigenvalue weighted by Gasteiger charge is -2.15. The summed E-state index contributed by atoms with van der Waals surface area (Å²) < 4.78 is 0. The molecule has 0 fully saturated rings. The van der Waals surface area contributed by atoms with Crippen LogP contribution in [-0.2, 0) is 6.54 Å². The zero-order valence-electron chi connectivity index (χ0n) is 9.20. The van der Waals surface area contributed by atoms with Crippen molar-refractivity contribution in [1.29, 1.82) is 0 Å². The molecule has 1 heterocycles. The molecule has 1 aromatic rings. The van der Waals surface area contributed by atoms with Crippen LogP contribution in [0.1, 0.15) is 12.1 Å². The van der Waals surface area contributed by atoms with Gasteiger partial charge >= 0.3 is 0 Å². The normalized spacial score (nSPS) is 10.9. The van der Waals surface area contributed by atoms with E-state index in [1.807, 2.05) is 7.05 Å². The maximum Gasteiger partial charge on any atom is 0.147 e. The molecule has 0 aromatic carbocycles. The van der Waals surface area contributed by atoms with Crippen LogP contribution >= 0.6 is 11.6 Å². The molecule has 0 aliphatic carbocycles. The maximum atomic E-state index is 5.66. The average molecular weight is 229 g/mol. The van der Waals surface area contributed by atoms with Crippen molar-refractivity contribution >= 4 is 11.6 Å². The number of hydrogen-bond donors (Lipinski definition) is 1. The van der Waals surface area contributed by atoms with Gasteiger partial charge in [0.15, 0.2) is 0 Å². The third kappa shape index (κ3) is 5.06. The quantitative estimate of drug-likeness (QED) is 0.743. The lowest BCUT2D eigenvalue weighted by molar-refractivity contribution is 0.317. The van der Waals surface area contributed by atoms with Crippen LogP contribution < -0.4 is 5.32 Å². The average Bonchev–Trinajstić information content (AvgIpc) is 2.22. The van der Waals surface area contributed by atoms with Crippen LogP contribution in [0.3, 0.4) is 0 Å². The number of nitrogens with one attached hydrogen (secondary N) is 1. The van der Waals surface area contributed by atoms with Gasteiger partial charge in [-0.15, -0.1) is 0 Å². The van der Waals surface area contributed by atoms with Crippen LogP contribution in [0, 0.1) is 0 Å². The Kier molecular flexibility index (Phi) is 5.53. The number of nitrogens with zero attached hydrogens (tertiary/aromatic N) is 3. The van der Waals surface area contributed by atoms with E-state index in [0.717, 1.165) is 31.7 Å². The van der Waals surface area contributed by atoms with E-state index < -0.39 is 0 Å². The van der Waals surface area contributed by atoms with Gasteiger partial charge in [0.2, 0.25) is 0 Å². The summed E-state index contributed by atoms with van der Waals surface area (Å²) >= 11 is 5.66. The van der Waals surface area contributed by atoms with E-state index in [2.05, 4.69) is 27.2 Å². The summed E-state index contributed by atoms with van der Waals surface area (Å²) in [6, 6.07) is 0. The number of hydrogen-bond acceptors (Lipinski definition) is 4. The molecule has 0 aliphatic rings. The third-order valence-electron chi connectivity index (χ3n) is 2.07. The Morgan fingerprint density at radius 3 is 2.80 bits per heavy atom. The molecule has 0 aliphatic heterocycles. The van der Waals surface area contributed by atoms with E-state index in [1.54, 1.807) is 12.4 Å². The molecule has 0 unspecified atom stereocenters. The van der Waals surface area contributed by atoms with Crippen molar-refractivity contribution in [2.24, 2.45) is 0 Å². The molecule has 1 rings (SSSR count). The molecule has 4 nitrogen and oxygen atoms in total. The van der Waals surface area contributed by atoms with Crippen molar-refractivity contribution in [3.63, 3.8) is 0 Å². The SMILES string of the molecule is CNCCCN(C)Cc1cnc(Cl)cn1. The molecule has 1 N–H and O–H groups in total. The van der Waals surface area contributed by atoms with Crippen molar-refractivity contribution in [2.45, 2.75) is 13.0 Å². The van der Waals surface area contributed by atoms with Gasteiger partial charge in [-0.1, -0.05) is 11.6 Å². The van der Waals surface area contributed by atoms with E-state index in [1.165, 1.54) is 0 Å². The van der Waals surface area contributed by atoms with Gasteiger partial charge in [0.1, 0.15) is 5.15 Å². The van der Waals surface area contributed by atoms with Gasteiger partial charge in [-0.2, -0.15) is 0 Å². The first-order chi connectivity index (χ1) is 7.22. The van der Waals surface area contributed by atoms with Gasteiger partial charge in [-0.25, -0.2) is 4.98 Å². The number of halogens is 1. The number of aromatic nitrogens is 2. The molecule has 0 spiro atoms. The highest BCUT2D eigenvalue weighted by Gasteiger charge is 2.01. The Bertz CT molecular complexity index is 275. The maximum absolute atomic E-state index is 5.66. The summed E-state index contributed by atoms with van der Waals surface area (Å²) in [6.45, 7) is 2.90. The summed E-state index contributed by atoms with van der Waals surface area (Å²) in [6.07, 6.45) is 4.43. The van der Waals surface area contributed by atoms with Crippen molar-refractivity contribution in [3.05, 3.63) is 23.2 Å². The van der Waals surface area contributed by atoms with Crippen LogP contribution in [0.5, 0.6) is 0 Å². The summed E-state index contributed by atoms with van der Waals surface area (Å²) in [4.78, 5) is 10.4. The van der Waals surface area contributed by atoms with Gasteiger partial charge in [0, 0.05) is 6.54 Å². The highest BCUT2D eigenvalue weighted by atomic mass is 35.5. The van der Waals surface area contributed by atoms with Gasteiger partial charge in [-0.05, 0) is 33.6 Å². The summed E-state index contributed by atoms with van der Waals surface area (Å²) in [7, 11) is 4.04. The molecule has 1 aromatic heterocycles. The zero-order valence-corrected chi connectivity index (χ0v) is 9.96. The predicted molar refractivity (Wildman–Crippen MR) is 61.9 cm³/mol. The summed E-state index contributed by atoms with van der Waals surface area (Å²) in [5.41, 5.74) is 0.950. The topological polar surface area (TPSA) is 41.0 Å². The third-order valence-corrected chi connectivity index (χ3v) is 2.27. The zero-order chi connectivity index (χ0) is 11.1. The lowest BCUT2D eigenvalue weighted by Crippen LogP contribution is -2.22. The predicted octanol–water partition coefficient (Wildman–Crippen LogP) is 1.17. The molecule has 0 amide bonds. The van der Waals surface area contributed by atoms with Crippen LogP contribution in [0.25, 0.3) is 0 Å². The van der Waals surface area contributed by atoms with E-state index in [0.29, 0.717) is 5.15 Å². The van der Waals surface area contributed by atoms with Crippen LogP contribution in [0.2, 0.25) is 5.15 Å². The Hall–Kier alpha value is -0.710. The minimum absolute atomic E-state index is 0.441. The molecule has 0 radical (unpaired) electrons. The molecule has 0 bridgehead atoms. The molecule has 84 valence electrons. The van der Waals surface area contributed by atoms with E-state index in [-0.39, 0.29) is 0 Å². The largest absolute Gasteiger partial charge is 0.320 e. The highest BCUT2D eigenvalue weighted by molar-refractivity contribution is 6.29. The molecule has 0 saturated carbocycles. The summed E-state index contributed by atoms with van der Waals surface area (Å²) in [5, 5.41) is 3.56. The molecule has 0 saturated heterocycles. The second kappa shape index (κ2) is 6.71. The Morgan fingerprint density at radius 1 is 1.40 bits per heavy atom. The second-order valence-electron chi connectivity index (χ2n) is 3.53. The monoisotopic (exact) mass is 228 g/mol. The van der Waals surface area contributed by atoms with Crippen molar-refractivity contribution in [2.75, 3.05) is 27.2 Å². The first-order valence-corrected chi connectivity index (χ1v) is 5.39. The van der Waals surface area contributed by atoms with Crippen molar-refractivity contribution < 1.29 is 0 Å². The van der Waals surface area contributed by atoms with Gasteiger partial charge in [0.05, 0.1) is 18.1 Å². The van der Waals surface area contributed by atoms with Gasteiger partial charge < -0.3 is 10.2 Å². The second-order valence-corrected chi connectivity index (χ2v) is 3.91. The smallest absolute Gasteiger partial charge is 0.147 e. The van der Waals surface area contributed by atoms with Crippen LogP contribution in [0.4, 0.5) is 0 Å². The Morgan fingerprint density at radius 2 is 2.20 bits per heavy atom. The lowest BCUT2D eigenvalue weighted by atomic mass is 10.3. The molecule has 0 atom stereocenters. The molecular formula is C10H17ClN4. The van der Waals surface area contributed by atoms with Crippen molar-refractivity contribution in [3.8, 4) is 0 Å². The van der Waals surface area contributed by atoms with Crippen molar-refractivity contribution in [1.82, 2.24) is 20.2 Å².